The molecule has 0 saturated carbocycles. The molecule has 3 nitrogen and oxygen atoms in total. The molecule has 5 heteroatoms. The minimum absolute atomic E-state index is 0.256. The van der Waals surface area contributed by atoms with Crippen LogP contribution in [0.25, 0.3) is 0 Å². The number of carbonyl (C=O) groups is 1. The molecule has 1 rings (SSSR count). The van der Waals surface area contributed by atoms with Crippen molar-refractivity contribution in [2.45, 2.75) is 19.8 Å². The van der Waals surface area contributed by atoms with E-state index in [4.69, 9.17) is 5.11 Å². The van der Waals surface area contributed by atoms with Crippen LogP contribution in [0.1, 0.15) is 18.2 Å². The fourth-order valence-corrected chi connectivity index (χ4v) is 2.88. The molecule has 0 aliphatic carbocycles. The average molecular weight is 320 g/mol. The summed E-state index contributed by atoms with van der Waals surface area (Å²) in [6.07, 6.45) is 1.73. The van der Waals surface area contributed by atoms with Crippen LogP contribution >= 0.6 is 27.3 Å². The van der Waals surface area contributed by atoms with Crippen molar-refractivity contribution in [1.29, 1.82) is 0 Å². The molecule has 1 aromatic heterocycles. The van der Waals surface area contributed by atoms with E-state index >= 15 is 0 Å². The van der Waals surface area contributed by atoms with E-state index in [0.29, 0.717) is 6.42 Å². The molecule has 0 aliphatic rings. The lowest BCUT2D eigenvalue weighted by atomic mass is 10.1. The summed E-state index contributed by atoms with van der Waals surface area (Å²) in [6, 6.07) is 2.14. The van der Waals surface area contributed by atoms with Crippen LogP contribution in [-0.4, -0.2) is 36.1 Å². The fraction of sp³-hybridized carbons (Fsp3) is 0.583. The smallest absolute Gasteiger partial charge is 0.306 e. The zero-order valence-electron chi connectivity index (χ0n) is 10.1. The monoisotopic (exact) mass is 319 g/mol. The molecular weight excluding hydrogens is 302 g/mol. The second-order valence-corrected chi connectivity index (χ2v) is 6.22. The normalized spacial score (nSPS) is 12.9. The molecule has 0 spiro atoms. The molecule has 1 N–H and O–H groups in total. The van der Waals surface area contributed by atoms with E-state index in [0.717, 1.165) is 24.0 Å². The van der Waals surface area contributed by atoms with Gasteiger partial charge in [-0.1, -0.05) is 6.92 Å². The van der Waals surface area contributed by atoms with E-state index in [9.17, 15) is 4.79 Å². The molecule has 0 saturated heterocycles. The summed E-state index contributed by atoms with van der Waals surface area (Å²) in [5, 5.41) is 10.9. The number of hydrogen-bond donors (Lipinski definition) is 1. The molecule has 96 valence electrons. The van der Waals surface area contributed by atoms with Crippen LogP contribution in [0.2, 0.25) is 0 Å². The van der Waals surface area contributed by atoms with Crippen LogP contribution in [0.4, 0.5) is 0 Å². The number of likely N-dealkylation sites (N-methyl/N-ethyl adjacent to an activating group) is 1. The molecule has 1 aromatic rings. The maximum Gasteiger partial charge on any atom is 0.306 e. The summed E-state index contributed by atoms with van der Waals surface area (Å²) in [7, 11) is 2.04. The number of rotatable bonds is 7. The molecule has 0 amide bonds. The fourth-order valence-electron chi connectivity index (χ4n) is 1.44. The molecule has 0 radical (unpaired) electrons. The van der Waals surface area contributed by atoms with Crippen molar-refractivity contribution in [1.82, 2.24) is 4.90 Å². The van der Waals surface area contributed by atoms with Gasteiger partial charge in [0.05, 0.1) is 5.92 Å². The molecular formula is C12H18BrNO2S. The van der Waals surface area contributed by atoms with Gasteiger partial charge in [-0.3, -0.25) is 4.79 Å². The van der Waals surface area contributed by atoms with Crippen LogP contribution in [0, 0.1) is 5.92 Å². The number of aliphatic carboxylic acids is 1. The Morgan fingerprint density at radius 1 is 1.59 bits per heavy atom. The Hall–Kier alpha value is -0.390. The predicted molar refractivity (Wildman–Crippen MR) is 74.6 cm³/mol. The zero-order chi connectivity index (χ0) is 12.8. The van der Waals surface area contributed by atoms with Crippen LogP contribution in [-0.2, 0) is 11.2 Å². The van der Waals surface area contributed by atoms with Crippen molar-refractivity contribution in [3.63, 3.8) is 0 Å². The minimum atomic E-state index is -0.708. The maximum atomic E-state index is 10.7. The van der Waals surface area contributed by atoms with Gasteiger partial charge >= 0.3 is 5.97 Å². The standard InChI is InChI=1S/C12H18BrNO2S/c1-9(12(15)16)3-5-14(2)6-4-11-7-10(13)8-17-11/h7-9H,3-6H2,1-2H3,(H,15,16). The van der Waals surface area contributed by atoms with Crippen molar-refractivity contribution in [3.8, 4) is 0 Å². The van der Waals surface area contributed by atoms with Crippen LogP contribution in [0.5, 0.6) is 0 Å². The molecule has 1 heterocycles. The summed E-state index contributed by atoms with van der Waals surface area (Å²) >= 11 is 5.19. The summed E-state index contributed by atoms with van der Waals surface area (Å²) < 4.78 is 1.14. The molecule has 17 heavy (non-hydrogen) atoms. The van der Waals surface area contributed by atoms with Gasteiger partial charge in [0.25, 0.3) is 0 Å². The average Bonchev–Trinajstić information content (AvgIpc) is 2.69. The quantitative estimate of drug-likeness (QED) is 0.839. The van der Waals surface area contributed by atoms with Crippen molar-refractivity contribution in [2.75, 3.05) is 20.1 Å². The Bertz CT molecular complexity index is 367. The van der Waals surface area contributed by atoms with Gasteiger partial charge in [0.15, 0.2) is 0 Å². The Kier molecular flexibility index (Phi) is 6.16. The maximum absolute atomic E-state index is 10.7. The molecule has 0 fully saturated rings. The van der Waals surface area contributed by atoms with Gasteiger partial charge in [-0.2, -0.15) is 0 Å². The SMILES string of the molecule is CC(CCN(C)CCc1cc(Br)cs1)C(=O)O. The Morgan fingerprint density at radius 2 is 2.29 bits per heavy atom. The number of carboxylic acids is 1. The lowest BCUT2D eigenvalue weighted by Gasteiger charge is -2.17. The second-order valence-electron chi connectivity index (χ2n) is 4.31. The largest absolute Gasteiger partial charge is 0.481 e. The van der Waals surface area contributed by atoms with Gasteiger partial charge in [-0.05, 0) is 48.4 Å². The summed E-state index contributed by atoms with van der Waals surface area (Å²) in [4.78, 5) is 14.2. The number of hydrogen-bond acceptors (Lipinski definition) is 3. The Labute approximate surface area is 115 Å². The van der Waals surface area contributed by atoms with E-state index in [1.807, 2.05) is 7.05 Å². The van der Waals surface area contributed by atoms with Crippen LogP contribution in [0.15, 0.2) is 15.9 Å². The van der Waals surface area contributed by atoms with Gasteiger partial charge < -0.3 is 10.0 Å². The van der Waals surface area contributed by atoms with Crippen LogP contribution in [0.3, 0.4) is 0 Å². The predicted octanol–water partition coefficient (Wildman–Crippen LogP) is 3.10. The molecule has 1 unspecified atom stereocenters. The molecule has 1 atom stereocenters. The first-order valence-corrected chi connectivity index (χ1v) is 7.30. The van der Waals surface area contributed by atoms with Gasteiger partial charge in [0, 0.05) is 21.3 Å². The van der Waals surface area contributed by atoms with Gasteiger partial charge in [-0.15, -0.1) is 11.3 Å². The second kappa shape index (κ2) is 7.13. The van der Waals surface area contributed by atoms with Crippen molar-refractivity contribution in [2.24, 2.45) is 5.92 Å². The third-order valence-corrected chi connectivity index (χ3v) is 4.48. The summed E-state index contributed by atoms with van der Waals surface area (Å²) in [6.45, 7) is 3.56. The summed E-state index contributed by atoms with van der Waals surface area (Å²) in [5.74, 6) is -0.964. The van der Waals surface area contributed by atoms with Crippen molar-refractivity contribution in [3.05, 3.63) is 20.8 Å². The number of thiophene rings is 1. The highest BCUT2D eigenvalue weighted by Gasteiger charge is 2.11. The van der Waals surface area contributed by atoms with Crippen molar-refractivity contribution >= 4 is 33.2 Å². The van der Waals surface area contributed by atoms with E-state index < -0.39 is 5.97 Å². The van der Waals surface area contributed by atoms with Crippen molar-refractivity contribution < 1.29 is 9.90 Å². The molecule has 0 aliphatic heterocycles. The van der Waals surface area contributed by atoms with E-state index in [1.54, 1.807) is 18.3 Å². The number of halogens is 1. The third kappa shape index (κ3) is 5.66. The van der Waals surface area contributed by atoms with Crippen LogP contribution < -0.4 is 0 Å². The summed E-state index contributed by atoms with van der Waals surface area (Å²) in [5.41, 5.74) is 0. The first-order valence-electron chi connectivity index (χ1n) is 5.63. The highest BCUT2D eigenvalue weighted by atomic mass is 79.9. The molecule has 0 bridgehead atoms. The van der Waals surface area contributed by atoms with E-state index in [-0.39, 0.29) is 5.92 Å². The first-order chi connectivity index (χ1) is 7.99. The Morgan fingerprint density at radius 3 is 2.82 bits per heavy atom. The lowest BCUT2D eigenvalue weighted by Crippen LogP contribution is -2.25. The number of nitrogens with zero attached hydrogens (tertiary/aromatic N) is 1. The van der Waals surface area contributed by atoms with Gasteiger partial charge in [-0.25, -0.2) is 0 Å². The minimum Gasteiger partial charge on any atom is -0.481 e. The van der Waals surface area contributed by atoms with Gasteiger partial charge in [0.2, 0.25) is 0 Å². The highest BCUT2D eigenvalue weighted by molar-refractivity contribution is 9.10. The highest BCUT2D eigenvalue weighted by Crippen LogP contribution is 2.20. The first kappa shape index (κ1) is 14.7. The molecule has 0 aromatic carbocycles. The zero-order valence-corrected chi connectivity index (χ0v) is 12.6. The Balaban J connectivity index is 2.21. The van der Waals surface area contributed by atoms with E-state index in [2.05, 4.69) is 32.3 Å². The third-order valence-electron chi connectivity index (χ3n) is 2.73. The van der Waals surface area contributed by atoms with Gasteiger partial charge in [0.1, 0.15) is 0 Å². The topological polar surface area (TPSA) is 40.5 Å². The lowest BCUT2D eigenvalue weighted by molar-refractivity contribution is -0.141. The number of carboxylic acid groups (broad SMARTS) is 1. The van der Waals surface area contributed by atoms with E-state index in [1.165, 1.54) is 4.88 Å².